The minimum Gasteiger partial charge on any atom is -0.493 e. The first-order chi connectivity index (χ1) is 11.2. The molecule has 1 N–H and O–H groups in total. The number of carbonyl (C=O) groups excluding carboxylic acids is 1. The highest BCUT2D eigenvalue weighted by atomic mass is 16.5. The van der Waals surface area contributed by atoms with Gasteiger partial charge < -0.3 is 9.72 Å². The lowest BCUT2D eigenvalue weighted by Gasteiger charge is -2.09. The highest BCUT2D eigenvalue weighted by Crippen LogP contribution is 2.35. The third-order valence-electron chi connectivity index (χ3n) is 4.10. The summed E-state index contributed by atoms with van der Waals surface area (Å²) >= 11 is 0. The summed E-state index contributed by atoms with van der Waals surface area (Å²) < 4.78 is 5.71. The Bertz CT molecular complexity index is 846. The van der Waals surface area contributed by atoms with Crippen LogP contribution >= 0.6 is 0 Å². The van der Waals surface area contributed by atoms with Crippen LogP contribution in [0.3, 0.4) is 0 Å². The van der Waals surface area contributed by atoms with E-state index in [1.165, 1.54) is 5.56 Å². The van der Waals surface area contributed by atoms with Gasteiger partial charge in [-0.1, -0.05) is 32.0 Å². The van der Waals surface area contributed by atoms with E-state index in [2.05, 4.69) is 31.0 Å². The van der Waals surface area contributed by atoms with Crippen molar-refractivity contribution in [3.8, 4) is 17.0 Å². The van der Waals surface area contributed by atoms with E-state index < -0.39 is 0 Å². The van der Waals surface area contributed by atoms with Crippen LogP contribution in [-0.2, 0) is 0 Å². The second kappa shape index (κ2) is 6.29. The molecule has 0 atom stereocenters. The summed E-state index contributed by atoms with van der Waals surface area (Å²) in [4.78, 5) is 15.2. The topological polar surface area (TPSA) is 42.1 Å². The number of para-hydroxylation sites is 1. The predicted molar refractivity (Wildman–Crippen MR) is 94.4 cm³/mol. The van der Waals surface area contributed by atoms with E-state index in [9.17, 15) is 4.79 Å². The molecule has 0 saturated carbocycles. The van der Waals surface area contributed by atoms with E-state index in [0.29, 0.717) is 18.1 Å². The van der Waals surface area contributed by atoms with Gasteiger partial charge in [0.15, 0.2) is 6.29 Å². The van der Waals surface area contributed by atoms with E-state index in [0.717, 1.165) is 34.2 Å². The standard InChI is InChI=1S/C20H21NO2/c1-4-23-19-8-6-5-7-15(19)20-17(12-22)16-11-14(13(2)3)9-10-18(16)21-20/h5-13,21H,4H2,1-3H3. The summed E-state index contributed by atoms with van der Waals surface area (Å²) in [6, 6.07) is 14.1. The minimum atomic E-state index is 0.424. The first-order valence-corrected chi connectivity index (χ1v) is 7.98. The predicted octanol–water partition coefficient (Wildman–Crippen LogP) is 5.17. The van der Waals surface area contributed by atoms with Gasteiger partial charge in [-0.05, 0) is 42.7 Å². The van der Waals surface area contributed by atoms with Gasteiger partial charge in [0.2, 0.25) is 0 Å². The van der Waals surface area contributed by atoms with Crippen LogP contribution in [0.5, 0.6) is 5.75 Å². The Kier molecular flexibility index (Phi) is 4.20. The van der Waals surface area contributed by atoms with E-state index >= 15 is 0 Å². The van der Waals surface area contributed by atoms with Gasteiger partial charge in [-0.15, -0.1) is 0 Å². The van der Waals surface area contributed by atoms with E-state index in [1.807, 2.05) is 37.3 Å². The molecular weight excluding hydrogens is 286 g/mol. The van der Waals surface area contributed by atoms with Crippen LogP contribution in [0.1, 0.15) is 42.6 Å². The van der Waals surface area contributed by atoms with Gasteiger partial charge in [0, 0.05) is 22.0 Å². The Labute approximate surface area is 136 Å². The van der Waals surface area contributed by atoms with Crippen molar-refractivity contribution >= 4 is 17.2 Å². The molecule has 0 fully saturated rings. The van der Waals surface area contributed by atoms with Gasteiger partial charge in [0.25, 0.3) is 0 Å². The molecule has 0 spiro atoms. The van der Waals surface area contributed by atoms with Crippen molar-refractivity contribution in [2.45, 2.75) is 26.7 Å². The molecule has 0 unspecified atom stereocenters. The highest BCUT2D eigenvalue weighted by molar-refractivity contribution is 6.05. The molecule has 0 aliphatic heterocycles. The monoisotopic (exact) mass is 307 g/mol. The lowest BCUT2D eigenvalue weighted by molar-refractivity contribution is 0.112. The molecule has 2 aromatic carbocycles. The van der Waals surface area contributed by atoms with Crippen molar-refractivity contribution in [3.63, 3.8) is 0 Å². The molecule has 0 saturated heterocycles. The van der Waals surface area contributed by atoms with Crippen molar-refractivity contribution in [1.82, 2.24) is 4.98 Å². The SMILES string of the molecule is CCOc1ccccc1-c1[nH]c2ccc(C(C)C)cc2c1C=O. The second-order valence-corrected chi connectivity index (χ2v) is 5.92. The molecule has 0 aliphatic carbocycles. The Balaban J connectivity index is 2.24. The van der Waals surface area contributed by atoms with E-state index in [-0.39, 0.29) is 0 Å². The zero-order valence-corrected chi connectivity index (χ0v) is 13.7. The summed E-state index contributed by atoms with van der Waals surface area (Å²) in [5.41, 5.74) is 4.62. The fourth-order valence-corrected chi connectivity index (χ4v) is 2.88. The van der Waals surface area contributed by atoms with Crippen molar-refractivity contribution in [3.05, 3.63) is 53.6 Å². The van der Waals surface area contributed by atoms with Crippen LogP contribution in [0.4, 0.5) is 0 Å². The molecule has 0 aliphatic rings. The number of aromatic amines is 1. The molecule has 0 radical (unpaired) electrons. The third kappa shape index (κ3) is 2.74. The first-order valence-electron chi connectivity index (χ1n) is 7.98. The molecule has 118 valence electrons. The third-order valence-corrected chi connectivity index (χ3v) is 4.10. The summed E-state index contributed by atoms with van der Waals surface area (Å²) in [5, 5.41) is 0.965. The zero-order valence-electron chi connectivity index (χ0n) is 13.7. The molecular formula is C20H21NO2. The number of benzene rings is 2. The molecule has 0 bridgehead atoms. The minimum absolute atomic E-state index is 0.424. The molecule has 1 heterocycles. The maximum absolute atomic E-state index is 11.8. The van der Waals surface area contributed by atoms with Gasteiger partial charge in [-0.25, -0.2) is 0 Å². The number of carbonyl (C=O) groups is 1. The number of aldehydes is 1. The molecule has 23 heavy (non-hydrogen) atoms. The molecule has 3 heteroatoms. The van der Waals surface area contributed by atoms with Crippen LogP contribution in [0.25, 0.3) is 22.2 Å². The lowest BCUT2D eigenvalue weighted by Crippen LogP contribution is -1.95. The van der Waals surface area contributed by atoms with Crippen LogP contribution < -0.4 is 4.74 Å². The number of ether oxygens (including phenoxy) is 1. The fraction of sp³-hybridized carbons (Fsp3) is 0.250. The number of aromatic nitrogens is 1. The average molecular weight is 307 g/mol. The molecule has 1 aromatic heterocycles. The van der Waals surface area contributed by atoms with Crippen LogP contribution in [0.15, 0.2) is 42.5 Å². The van der Waals surface area contributed by atoms with Gasteiger partial charge in [0.1, 0.15) is 5.75 Å². The highest BCUT2D eigenvalue weighted by Gasteiger charge is 2.16. The number of hydrogen-bond acceptors (Lipinski definition) is 2. The van der Waals surface area contributed by atoms with Gasteiger partial charge in [0.05, 0.1) is 12.3 Å². The summed E-state index contributed by atoms with van der Waals surface area (Å²) in [7, 11) is 0. The average Bonchev–Trinajstić information content (AvgIpc) is 2.93. The number of nitrogens with one attached hydrogen (secondary N) is 1. The largest absolute Gasteiger partial charge is 0.493 e. The van der Waals surface area contributed by atoms with Crippen LogP contribution in [0.2, 0.25) is 0 Å². The number of fused-ring (bicyclic) bond motifs is 1. The lowest BCUT2D eigenvalue weighted by atomic mass is 9.99. The molecule has 0 amide bonds. The van der Waals surface area contributed by atoms with Crippen molar-refractivity contribution in [2.24, 2.45) is 0 Å². The molecule has 3 nitrogen and oxygen atoms in total. The van der Waals surface area contributed by atoms with Crippen LogP contribution in [-0.4, -0.2) is 17.9 Å². The van der Waals surface area contributed by atoms with E-state index in [1.54, 1.807) is 0 Å². The number of rotatable bonds is 5. The van der Waals surface area contributed by atoms with Gasteiger partial charge in [-0.3, -0.25) is 4.79 Å². The van der Waals surface area contributed by atoms with Gasteiger partial charge in [-0.2, -0.15) is 0 Å². The van der Waals surface area contributed by atoms with Crippen LogP contribution in [0, 0.1) is 0 Å². The van der Waals surface area contributed by atoms with Crippen molar-refractivity contribution in [2.75, 3.05) is 6.61 Å². The number of H-pyrrole nitrogens is 1. The van der Waals surface area contributed by atoms with Crippen molar-refractivity contribution < 1.29 is 9.53 Å². The maximum atomic E-state index is 11.8. The Morgan fingerprint density at radius 2 is 1.96 bits per heavy atom. The normalized spacial score (nSPS) is 11.1. The molecule has 3 aromatic rings. The molecule has 3 rings (SSSR count). The smallest absolute Gasteiger partial charge is 0.152 e. The maximum Gasteiger partial charge on any atom is 0.152 e. The van der Waals surface area contributed by atoms with E-state index in [4.69, 9.17) is 4.74 Å². The van der Waals surface area contributed by atoms with Gasteiger partial charge >= 0.3 is 0 Å². The quantitative estimate of drug-likeness (QED) is 0.661. The zero-order chi connectivity index (χ0) is 16.4. The second-order valence-electron chi connectivity index (χ2n) is 5.92. The summed E-state index contributed by atoms with van der Waals surface area (Å²) in [5.74, 6) is 1.21. The fourth-order valence-electron chi connectivity index (χ4n) is 2.88. The Morgan fingerprint density at radius 1 is 1.17 bits per heavy atom. The summed E-state index contributed by atoms with van der Waals surface area (Å²) in [6.45, 7) is 6.85. The Morgan fingerprint density at radius 3 is 2.65 bits per heavy atom. The number of hydrogen-bond donors (Lipinski definition) is 1. The Hall–Kier alpha value is -2.55. The van der Waals surface area contributed by atoms with Crippen molar-refractivity contribution in [1.29, 1.82) is 0 Å². The summed E-state index contributed by atoms with van der Waals surface area (Å²) in [6.07, 6.45) is 0.932. The first kappa shape index (κ1) is 15.3.